The van der Waals surface area contributed by atoms with Crippen LogP contribution in [0.2, 0.25) is 15.1 Å². The van der Waals surface area contributed by atoms with Gasteiger partial charge in [0.05, 0.1) is 11.6 Å². The van der Waals surface area contributed by atoms with E-state index in [0.29, 0.717) is 32.7 Å². The van der Waals surface area contributed by atoms with Gasteiger partial charge in [0.2, 0.25) is 0 Å². The van der Waals surface area contributed by atoms with Crippen LogP contribution >= 0.6 is 34.8 Å². The number of carbonyl (C=O) groups excluding carboxylic acids is 1. The second kappa shape index (κ2) is 9.12. The summed E-state index contributed by atoms with van der Waals surface area (Å²) in [6.45, 7) is 0.426. The van der Waals surface area contributed by atoms with E-state index in [0.717, 1.165) is 11.1 Å². The lowest BCUT2D eigenvalue weighted by Gasteiger charge is -2.13. The molecular weight excluding hydrogens is 421 g/mol. The third-order valence-corrected chi connectivity index (χ3v) is 5.14. The summed E-state index contributed by atoms with van der Waals surface area (Å²) in [6.07, 6.45) is 3.21. The van der Waals surface area contributed by atoms with Crippen LogP contribution in [0, 0.1) is 0 Å². The minimum Gasteiger partial charge on any atom is -0.354 e. The molecule has 0 saturated carbocycles. The van der Waals surface area contributed by atoms with Gasteiger partial charge < -0.3 is 14.0 Å². The zero-order chi connectivity index (χ0) is 20.3. The fourth-order valence-electron chi connectivity index (χ4n) is 2.89. The largest absolute Gasteiger partial charge is 0.354 e. The molecule has 0 aliphatic heterocycles. The lowest BCUT2D eigenvalue weighted by Crippen LogP contribution is -2.19. The maximum absolute atomic E-state index is 13.2. The van der Waals surface area contributed by atoms with Gasteiger partial charge in [0.25, 0.3) is 0 Å². The van der Waals surface area contributed by atoms with Crippen molar-refractivity contribution in [3.05, 3.63) is 81.1 Å². The Morgan fingerprint density at radius 1 is 0.929 bits per heavy atom. The number of ether oxygens (including phenoxy) is 2. The fourth-order valence-corrected chi connectivity index (χ4v) is 3.51. The molecule has 0 unspecified atom stereocenters. The van der Waals surface area contributed by atoms with E-state index in [1.54, 1.807) is 50.7 Å². The summed E-state index contributed by atoms with van der Waals surface area (Å²) in [7, 11) is 3.13. The summed E-state index contributed by atoms with van der Waals surface area (Å²) in [5, 5.41) is 1.40. The van der Waals surface area contributed by atoms with E-state index in [9.17, 15) is 4.79 Å². The standard InChI is InChI=1S/C21H18Cl3NO3/c1-27-20(28-2)12-25-10-17(13-3-5-14(22)6-4-13)18(11-25)21(26)16-8-7-15(23)9-19(16)24/h3-11,20H,12H2,1-2H3. The van der Waals surface area contributed by atoms with E-state index in [-0.39, 0.29) is 5.78 Å². The van der Waals surface area contributed by atoms with E-state index in [1.165, 1.54) is 0 Å². The highest BCUT2D eigenvalue weighted by Gasteiger charge is 2.21. The van der Waals surface area contributed by atoms with Gasteiger partial charge in [0, 0.05) is 53.3 Å². The van der Waals surface area contributed by atoms with Crippen LogP contribution in [-0.2, 0) is 16.0 Å². The molecule has 2 aromatic carbocycles. The number of ketones is 1. The maximum atomic E-state index is 13.2. The van der Waals surface area contributed by atoms with Gasteiger partial charge in [0.15, 0.2) is 12.1 Å². The third kappa shape index (κ3) is 4.59. The van der Waals surface area contributed by atoms with Crippen molar-refractivity contribution in [2.75, 3.05) is 14.2 Å². The van der Waals surface area contributed by atoms with Gasteiger partial charge in [-0.05, 0) is 35.9 Å². The first-order valence-electron chi connectivity index (χ1n) is 8.44. The summed E-state index contributed by atoms with van der Waals surface area (Å²) in [5.74, 6) is -0.197. The Hall–Kier alpha value is -1.82. The SMILES string of the molecule is COC(Cn1cc(C(=O)c2ccc(Cl)cc2Cl)c(-c2ccc(Cl)cc2)c1)OC. The van der Waals surface area contributed by atoms with Crippen LogP contribution in [0.15, 0.2) is 54.9 Å². The van der Waals surface area contributed by atoms with Gasteiger partial charge in [-0.1, -0.05) is 46.9 Å². The van der Waals surface area contributed by atoms with Gasteiger partial charge in [-0.15, -0.1) is 0 Å². The zero-order valence-electron chi connectivity index (χ0n) is 15.3. The minimum atomic E-state index is -0.437. The summed E-state index contributed by atoms with van der Waals surface area (Å²) in [6, 6.07) is 12.1. The number of methoxy groups -OCH3 is 2. The topological polar surface area (TPSA) is 40.5 Å². The quantitative estimate of drug-likeness (QED) is 0.337. The second-order valence-corrected chi connectivity index (χ2v) is 7.42. The molecule has 0 fully saturated rings. The van der Waals surface area contributed by atoms with Gasteiger partial charge in [-0.2, -0.15) is 0 Å². The van der Waals surface area contributed by atoms with Gasteiger partial charge in [-0.3, -0.25) is 4.79 Å². The van der Waals surface area contributed by atoms with Crippen LogP contribution in [0.1, 0.15) is 15.9 Å². The third-order valence-electron chi connectivity index (χ3n) is 4.34. The number of benzene rings is 2. The van der Waals surface area contributed by atoms with E-state index in [4.69, 9.17) is 44.3 Å². The van der Waals surface area contributed by atoms with Crippen molar-refractivity contribution < 1.29 is 14.3 Å². The Kier molecular flexibility index (Phi) is 6.81. The number of carbonyl (C=O) groups is 1. The number of halogens is 3. The molecule has 146 valence electrons. The average molecular weight is 439 g/mol. The first-order chi connectivity index (χ1) is 13.4. The molecule has 0 aliphatic carbocycles. The molecule has 0 spiro atoms. The first kappa shape index (κ1) is 20.9. The van der Waals surface area contributed by atoms with Crippen LogP contribution in [0.5, 0.6) is 0 Å². The highest BCUT2D eigenvalue weighted by atomic mass is 35.5. The molecule has 3 rings (SSSR count). The number of hydrogen-bond donors (Lipinski definition) is 0. The van der Waals surface area contributed by atoms with Crippen molar-refractivity contribution in [3.8, 4) is 11.1 Å². The monoisotopic (exact) mass is 437 g/mol. The van der Waals surface area contributed by atoms with Crippen molar-refractivity contribution >= 4 is 40.6 Å². The van der Waals surface area contributed by atoms with Crippen LogP contribution in [0.3, 0.4) is 0 Å². The highest BCUT2D eigenvalue weighted by Crippen LogP contribution is 2.31. The molecule has 3 aromatic rings. The average Bonchev–Trinajstić information content (AvgIpc) is 3.10. The Balaban J connectivity index is 2.07. The van der Waals surface area contributed by atoms with Crippen LogP contribution < -0.4 is 0 Å². The second-order valence-electron chi connectivity index (χ2n) is 6.14. The molecule has 0 amide bonds. The molecule has 0 saturated heterocycles. The first-order valence-corrected chi connectivity index (χ1v) is 9.57. The lowest BCUT2D eigenvalue weighted by atomic mass is 9.98. The summed E-state index contributed by atoms with van der Waals surface area (Å²) in [4.78, 5) is 13.2. The fraction of sp³-hybridized carbons (Fsp3) is 0.190. The van der Waals surface area contributed by atoms with Gasteiger partial charge >= 0.3 is 0 Å². The van der Waals surface area contributed by atoms with E-state index >= 15 is 0 Å². The molecule has 28 heavy (non-hydrogen) atoms. The predicted octanol–water partition coefficient (Wildman–Crippen LogP) is 5.97. The zero-order valence-corrected chi connectivity index (χ0v) is 17.6. The van der Waals surface area contributed by atoms with Gasteiger partial charge in [0.1, 0.15) is 0 Å². The summed E-state index contributed by atoms with van der Waals surface area (Å²) >= 11 is 18.2. The lowest BCUT2D eigenvalue weighted by molar-refractivity contribution is -0.110. The molecule has 4 nitrogen and oxygen atoms in total. The molecule has 0 atom stereocenters. The van der Waals surface area contributed by atoms with E-state index in [1.807, 2.05) is 22.9 Å². The van der Waals surface area contributed by atoms with Gasteiger partial charge in [-0.25, -0.2) is 0 Å². The maximum Gasteiger partial charge on any atom is 0.196 e. The molecular formula is C21H18Cl3NO3. The highest BCUT2D eigenvalue weighted by molar-refractivity contribution is 6.37. The van der Waals surface area contributed by atoms with Crippen molar-refractivity contribution in [1.29, 1.82) is 0 Å². The summed E-state index contributed by atoms with van der Waals surface area (Å²) < 4.78 is 12.4. The van der Waals surface area contributed by atoms with Crippen molar-refractivity contribution in [1.82, 2.24) is 4.57 Å². The van der Waals surface area contributed by atoms with E-state index in [2.05, 4.69) is 0 Å². The van der Waals surface area contributed by atoms with Crippen molar-refractivity contribution in [3.63, 3.8) is 0 Å². The Labute approximate surface area is 178 Å². The van der Waals surface area contributed by atoms with Crippen molar-refractivity contribution in [2.45, 2.75) is 12.8 Å². The number of hydrogen-bond acceptors (Lipinski definition) is 3. The molecule has 0 N–H and O–H groups in total. The molecule has 1 heterocycles. The summed E-state index contributed by atoms with van der Waals surface area (Å²) in [5.41, 5.74) is 2.52. The molecule has 0 radical (unpaired) electrons. The number of rotatable bonds is 7. The number of aromatic nitrogens is 1. The Morgan fingerprint density at radius 3 is 2.18 bits per heavy atom. The normalized spacial score (nSPS) is 11.2. The predicted molar refractivity (Wildman–Crippen MR) is 113 cm³/mol. The Bertz CT molecular complexity index is 979. The van der Waals surface area contributed by atoms with Crippen molar-refractivity contribution in [2.24, 2.45) is 0 Å². The van der Waals surface area contributed by atoms with Crippen LogP contribution in [0.25, 0.3) is 11.1 Å². The molecule has 0 bridgehead atoms. The smallest absolute Gasteiger partial charge is 0.196 e. The molecule has 0 aliphatic rings. The molecule has 1 aromatic heterocycles. The Morgan fingerprint density at radius 2 is 1.57 bits per heavy atom. The van der Waals surface area contributed by atoms with Crippen LogP contribution in [-0.4, -0.2) is 30.9 Å². The number of nitrogens with zero attached hydrogens (tertiary/aromatic N) is 1. The van der Waals surface area contributed by atoms with Crippen LogP contribution in [0.4, 0.5) is 0 Å². The minimum absolute atomic E-state index is 0.197. The van der Waals surface area contributed by atoms with E-state index < -0.39 is 6.29 Å². The molecule has 7 heteroatoms.